The fourth-order valence-electron chi connectivity index (χ4n) is 4.17. The lowest BCUT2D eigenvalue weighted by Crippen LogP contribution is -2.43. The van der Waals surface area contributed by atoms with E-state index in [1.165, 1.54) is 96.0 Å². The first-order chi connectivity index (χ1) is 16.5. The van der Waals surface area contributed by atoms with Crippen LogP contribution in [0.15, 0.2) is 30.3 Å². The van der Waals surface area contributed by atoms with Gasteiger partial charge in [0.15, 0.2) is 0 Å². The molecule has 0 aliphatic rings. The van der Waals surface area contributed by atoms with Gasteiger partial charge in [0.1, 0.15) is 18.9 Å². The van der Waals surface area contributed by atoms with Crippen molar-refractivity contribution < 1.29 is 18.8 Å². The number of hydrogen-bond donors (Lipinski definition) is 0. The Kier molecular flexibility index (Phi) is 17.3. The maximum atomic E-state index is 12.0. The summed E-state index contributed by atoms with van der Waals surface area (Å²) in [5, 5.41) is 0. The molecule has 1 aromatic rings. The highest BCUT2D eigenvalue weighted by molar-refractivity contribution is 5.87. The second-order valence-corrected chi connectivity index (χ2v) is 10.3. The zero-order valence-electron chi connectivity index (χ0n) is 22.7. The van der Waals surface area contributed by atoms with Gasteiger partial charge in [0, 0.05) is 6.08 Å². The summed E-state index contributed by atoms with van der Waals surface area (Å²) in [7, 11) is 6.09. The van der Waals surface area contributed by atoms with E-state index in [-0.39, 0.29) is 5.97 Å². The number of ether oxygens (including phenoxy) is 2. The van der Waals surface area contributed by atoms with Gasteiger partial charge in [0.05, 0.1) is 27.7 Å². The Morgan fingerprint density at radius 2 is 1.26 bits per heavy atom. The van der Waals surface area contributed by atoms with Crippen LogP contribution in [-0.4, -0.2) is 51.4 Å². The first-order valence-corrected chi connectivity index (χ1v) is 13.8. The number of esters is 1. The van der Waals surface area contributed by atoms with E-state index in [1.807, 2.05) is 24.3 Å². The molecule has 0 unspecified atom stereocenters. The van der Waals surface area contributed by atoms with Gasteiger partial charge >= 0.3 is 5.97 Å². The number of nitrogens with zero attached hydrogens (tertiary/aromatic N) is 1. The third-order valence-electron chi connectivity index (χ3n) is 6.59. The van der Waals surface area contributed by atoms with Gasteiger partial charge in [-0.15, -0.1) is 0 Å². The van der Waals surface area contributed by atoms with Crippen molar-refractivity contribution >= 4 is 12.0 Å². The number of likely N-dealkylation sites (N-methyl/N-ethyl adjacent to an activating group) is 1. The van der Waals surface area contributed by atoms with Crippen LogP contribution in [0, 0.1) is 0 Å². The molecule has 0 fully saturated rings. The molecule has 0 aliphatic heterocycles. The molecule has 0 N–H and O–H groups in total. The van der Waals surface area contributed by atoms with E-state index in [9.17, 15) is 4.79 Å². The lowest BCUT2D eigenvalue weighted by Gasteiger charge is -2.29. The molecule has 0 atom stereocenters. The Morgan fingerprint density at radius 3 is 1.76 bits per heavy atom. The number of rotatable bonds is 21. The molecule has 0 aliphatic carbocycles. The van der Waals surface area contributed by atoms with Crippen LogP contribution in [0.1, 0.15) is 102 Å². The lowest BCUT2D eigenvalue weighted by molar-refractivity contribution is -0.890. The summed E-state index contributed by atoms with van der Waals surface area (Å²) in [5.41, 5.74) is 0.951. The number of hydrogen-bond acceptors (Lipinski definition) is 3. The molecule has 0 bridgehead atoms. The molecule has 0 aromatic heterocycles. The predicted molar refractivity (Wildman–Crippen MR) is 145 cm³/mol. The summed E-state index contributed by atoms with van der Waals surface area (Å²) in [6.45, 7) is 4.72. The maximum Gasteiger partial charge on any atom is 0.330 e. The van der Waals surface area contributed by atoms with Crippen molar-refractivity contribution in [1.82, 2.24) is 0 Å². The number of carbonyl (C=O) groups is 1. The van der Waals surface area contributed by atoms with E-state index < -0.39 is 0 Å². The number of unbranched alkanes of at least 4 members (excludes halogenated alkanes) is 13. The highest BCUT2D eigenvalue weighted by Crippen LogP contribution is 2.14. The predicted octanol–water partition coefficient (Wildman–Crippen LogP) is 7.81. The molecule has 0 amide bonds. The first-order valence-electron chi connectivity index (χ1n) is 13.8. The van der Waals surface area contributed by atoms with E-state index in [1.54, 1.807) is 13.2 Å². The zero-order valence-corrected chi connectivity index (χ0v) is 22.7. The normalized spacial score (nSPS) is 11.8. The third kappa shape index (κ3) is 16.7. The van der Waals surface area contributed by atoms with Gasteiger partial charge in [-0.05, 0) is 36.6 Å². The molecule has 4 heteroatoms. The van der Waals surface area contributed by atoms with Crippen LogP contribution in [0.5, 0.6) is 5.75 Å². The number of quaternary nitrogens is 1. The topological polar surface area (TPSA) is 35.5 Å². The van der Waals surface area contributed by atoms with Crippen molar-refractivity contribution in [3.63, 3.8) is 0 Å². The van der Waals surface area contributed by atoms with Gasteiger partial charge in [-0.3, -0.25) is 0 Å². The largest absolute Gasteiger partial charge is 0.497 e. The van der Waals surface area contributed by atoms with Crippen LogP contribution < -0.4 is 4.74 Å². The molecule has 0 spiro atoms. The first kappa shape index (κ1) is 30.2. The molecule has 0 radical (unpaired) electrons. The second kappa shape index (κ2) is 19.5. The minimum absolute atomic E-state index is 0.285. The molecule has 0 saturated carbocycles. The minimum Gasteiger partial charge on any atom is -0.497 e. The van der Waals surface area contributed by atoms with Crippen molar-refractivity contribution in [1.29, 1.82) is 0 Å². The van der Waals surface area contributed by atoms with Crippen LogP contribution in [0.4, 0.5) is 0 Å². The average molecular weight is 475 g/mol. The van der Waals surface area contributed by atoms with Crippen LogP contribution in [-0.2, 0) is 9.53 Å². The summed E-state index contributed by atoms with van der Waals surface area (Å²) >= 11 is 0. The van der Waals surface area contributed by atoms with Gasteiger partial charge < -0.3 is 14.0 Å². The van der Waals surface area contributed by atoms with Gasteiger partial charge in [0.25, 0.3) is 0 Å². The molecular formula is C30H52NO3+. The highest BCUT2D eigenvalue weighted by atomic mass is 16.5. The monoisotopic (exact) mass is 474 g/mol. The summed E-state index contributed by atoms with van der Waals surface area (Å²) in [6.07, 6.45) is 22.7. The van der Waals surface area contributed by atoms with E-state index >= 15 is 0 Å². The molecule has 0 heterocycles. The van der Waals surface area contributed by atoms with E-state index in [0.29, 0.717) is 6.61 Å². The fourth-order valence-corrected chi connectivity index (χ4v) is 4.17. The number of benzene rings is 1. The molecule has 1 rings (SSSR count). The van der Waals surface area contributed by atoms with E-state index in [2.05, 4.69) is 21.0 Å². The van der Waals surface area contributed by atoms with Crippen molar-refractivity contribution in [3.8, 4) is 5.75 Å². The smallest absolute Gasteiger partial charge is 0.330 e. The Bertz CT molecular complexity index is 652. The molecule has 194 valence electrons. The summed E-state index contributed by atoms with van der Waals surface area (Å²) in [6, 6.07) is 7.59. The molecular weight excluding hydrogens is 422 g/mol. The summed E-state index contributed by atoms with van der Waals surface area (Å²) in [4.78, 5) is 12.0. The Morgan fingerprint density at radius 1 is 0.765 bits per heavy atom. The molecule has 0 saturated heterocycles. The zero-order chi connectivity index (χ0) is 24.9. The van der Waals surface area contributed by atoms with Gasteiger partial charge in [0.2, 0.25) is 0 Å². The number of methoxy groups -OCH3 is 1. The number of carbonyl (C=O) groups excluding carboxylic acids is 1. The van der Waals surface area contributed by atoms with Crippen LogP contribution in [0.3, 0.4) is 0 Å². The van der Waals surface area contributed by atoms with Crippen LogP contribution in [0.25, 0.3) is 6.08 Å². The van der Waals surface area contributed by atoms with Gasteiger partial charge in [-0.1, -0.05) is 96.1 Å². The molecule has 1 aromatic carbocycles. The standard InChI is InChI=1S/C30H52NO3/c1-5-6-7-8-9-10-11-12-13-14-15-16-17-18-25-31(2,3)26-27-34-30(32)24-21-28-19-22-29(33-4)23-20-28/h19-24H,5-18,25-27H2,1-4H3/q+1/b24-21+. The quantitative estimate of drug-likeness (QED) is 0.0789. The van der Waals surface area contributed by atoms with Crippen LogP contribution in [0.2, 0.25) is 0 Å². The van der Waals surface area contributed by atoms with Crippen molar-refractivity contribution in [2.45, 2.75) is 96.8 Å². The fraction of sp³-hybridized carbons (Fsp3) is 0.700. The van der Waals surface area contributed by atoms with Crippen LogP contribution >= 0.6 is 0 Å². The average Bonchev–Trinajstić information content (AvgIpc) is 2.83. The lowest BCUT2D eigenvalue weighted by atomic mass is 10.0. The summed E-state index contributed by atoms with van der Waals surface area (Å²) in [5.74, 6) is 0.519. The third-order valence-corrected chi connectivity index (χ3v) is 6.59. The second-order valence-electron chi connectivity index (χ2n) is 10.3. The van der Waals surface area contributed by atoms with E-state index in [4.69, 9.17) is 9.47 Å². The van der Waals surface area contributed by atoms with Gasteiger partial charge in [-0.25, -0.2) is 4.79 Å². The Hall–Kier alpha value is -1.81. The van der Waals surface area contributed by atoms with E-state index in [0.717, 1.165) is 28.9 Å². The van der Waals surface area contributed by atoms with Crippen molar-refractivity contribution in [2.75, 3.05) is 40.9 Å². The maximum absolute atomic E-state index is 12.0. The van der Waals surface area contributed by atoms with Gasteiger partial charge in [-0.2, -0.15) is 0 Å². The highest BCUT2D eigenvalue weighted by Gasteiger charge is 2.15. The van der Waals surface area contributed by atoms with Crippen molar-refractivity contribution in [3.05, 3.63) is 35.9 Å². The van der Waals surface area contributed by atoms with Crippen molar-refractivity contribution in [2.24, 2.45) is 0 Å². The summed E-state index contributed by atoms with van der Waals surface area (Å²) < 4.78 is 11.4. The molecule has 34 heavy (non-hydrogen) atoms. The Balaban J connectivity index is 1.98. The minimum atomic E-state index is -0.285. The Labute approximate surface area is 210 Å². The molecule has 4 nitrogen and oxygen atoms in total. The SMILES string of the molecule is CCCCCCCCCCCCCCCC[N+](C)(C)CCOC(=O)/C=C/c1ccc(OC)cc1.